The Morgan fingerprint density at radius 1 is 1.44 bits per heavy atom. The number of rotatable bonds is 4. The number of benzene rings is 1. The van der Waals surface area contributed by atoms with Crippen molar-refractivity contribution in [1.29, 1.82) is 0 Å². The molecule has 0 unspecified atom stereocenters. The van der Waals surface area contributed by atoms with E-state index in [-0.39, 0.29) is 5.91 Å². The lowest BCUT2D eigenvalue weighted by Crippen LogP contribution is -2.31. The van der Waals surface area contributed by atoms with Crippen molar-refractivity contribution in [3.05, 3.63) is 28.2 Å². The Balaban J connectivity index is 2.90. The van der Waals surface area contributed by atoms with Crippen molar-refractivity contribution in [1.82, 2.24) is 4.90 Å². The molecule has 2 N–H and O–H groups in total. The molecular weight excluding hydrogens is 268 g/mol. The van der Waals surface area contributed by atoms with E-state index in [0.717, 1.165) is 24.0 Å². The third-order valence-corrected chi connectivity index (χ3v) is 3.13. The van der Waals surface area contributed by atoms with Gasteiger partial charge in [0.25, 0.3) is 5.91 Å². The predicted octanol–water partition coefficient (Wildman–Crippen LogP) is 2.90. The monoisotopic (exact) mass is 284 g/mol. The fraction of sp³-hybridized carbons (Fsp3) is 0.417. The number of hydrogen-bond donors (Lipinski definition) is 1. The Morgan fingerprint density at radius 2 is 2.12 bits per heavy atom. The highest BCUT2D eigenvalue weighted by Gasteiger charge is 2.13. The van der Waals surface area contributed by atoms with Gasteiger partial charge in [0.1, 0.15) is 0 Å². The van der Waals surface area contributed by atoms with Gasteiger partial charge in [-0.25, -0.2) is 0 Å². The lowest BCUT2D eigenvalue weighted by atomic mass is 10.1. The van der Waals surface area contributed by atoms with Gasteiger partial charge in [0.05, 0.1) is 0 Å². The molecule has 0 fully saturated rings. The van der Waals surface area contributed by atoms with E-state index in [2.05, 4.69) is 22.9 Å². The Labute approximate surface area is 105 Å². The number of carbonyl (C=O) groups excluding carboxylic acids is 1. The first-order valence-corrected chi connectivity index (χ1v) is 6.23. The van der Waals surface area contributed by atoms with Crippen LogP contribution in [0.1, 0.15) is 30.6 Å². The van der Waals surface area contributed by atoms with Gasteiger partial charge in [-0.3, -0.25) is 4.79 Å². The van der Waals surface area contributed by atoms with Gasteiger partial charge in [-0.1, -0.05) is 6.92 Å². The summed E-state index contributed by atoms with van der Waals surface area (Å²) in [6.45, 7) is 5.55. The van der Waals surface area contributed by atoms with E-state index in [1.165, 1.54) is 0 Å². The van der Waals surface area contributed by atoms with Crippen LogP contribution >= 0.6 is 15.9 Å². The maximum absolute atomic E-state index is 12.1. The molecule has 0 radical (unpaired) electrons. The van der Waals surface area contributed by atoms with Crippen molar-refractivity contribution >= 4 is 27.5 Å². The number of nitrogen functional groups attached to an aromatic ring is 1. The largest absolute Gasteiger partial charge is 0.398 e. The molecule has 4 heteroatoms. The minimum atomic E-state index is 0.0450. The number of carbonyl (C=O) groups is 1. The van der Waals surface area contributed by atoms with Crippen LogP contribution in [0.15, 0.2) is 22.7 Å². The molecule has 0 aliphatic carbocycles. The molecule has 0 aliphatic heterocycles. The average Bonchev–Trinajstić information content (AvgIpc) is 2.28. The van der Waals surface area contributed by atoms with Crippen molar-refractivity contribution in [2.24, 2.45) is 0 Å². The van der Waals surface area contributed by atoms with E-state index >= 15 is 0 Å². The van der Waals surface area contributed by atoms with Crippen molar-refractivity contribution in [3.63, 3.8) is 0 Å². The van der Waals surface area contributed by atoms with E-state index in [1.807, 2.05) is 17.9 Å². The van der Waals surface area contributed by atoms with Crippen LogP contribution in [0.4, 0.5) is 5.69 Å². The molecule has 1 aromatic rings. The highest BCUT2D eigenvalue weighted by molar-refractivity contribution is 9.10. The number of nitrogens with zero attached hydrogens (tertiary/aromatic N) is 1. The van der Waals surface area contributed by atoms with Gasteiger partial charge in [0.15, 0.2) is 0 Å². The Kier molecular flexibility index (Phi) is 4.80. The predicted molar refractivity (Wildman–Crippen MR) is 70.4 cm³/mol. The van der Waals surface area contributed by atoms with Crippen LogP contribution in [0.3, 0.4) is 0 Å². The first-order chi connectivity index (χ1) is 7.60. The summed E-state index contributed by atoms with van der Waals surface area (Å²) in [6, 6.07) is 5.31. The molecule has 0 saturated carbocycles. The Morgan fingerprint density at radius 3 is 2.62 bits per heavy atom. The van der Waals surface area contributed by atoms with Gasteiger partial charge in [-0.2, -0.15) is 0 Å². The molecular formula is C12H17BrN2O. The number of halogens is 1. The number of nitrogens with two attached hydrogens (primary N) is 1. The van der Waals surface area contributed by atoms with Gasteiger partial charge in [-0.15, -0.1) is 0 Å². The summed E-state index contributed by atoms with van der Waals surface area (Å²) in [7, 11) is 0. The van der Waals surface area contributed by atoms with Crippen LogP contribution in [0.2, 0.25) is 0 Å². The molecule has 0 aliphatic rings. The van der Waals surface area contributed by atoms with Crippen LogP contribution in [0, 0.1) is 0 Å². The Bertz CT molecular complexity index is 379. The minimum Gasteiger partial charge on any atom is -0.398 e. The van der Waals surface area contributed by atoms with E-state index in [0.29, 0.717) is 11.3 Å². The normalized spacial score (nSPS) is 10.2. The smallest absolute Gasteiger partial charge is 0.253 e. The minimum absolute atomic E-state index is 0.0450. The molecule has 0 spiro atoms. The third-order valence-electron chi connectivity index (χ3n) is 2.41. The first kappa shape index (κ1) is 13.0. The summed E-state index contributed by atoms with van der Waals surface area (Å²) in [5.41, 5.74) is 7.00. The van der Waals surface area contributed by atoms with Gasteiger partial charge in [0, 0.05) is 28.8 Å². The average molecular weight is 285 g/mol. The maximum Gasteiger partial charge on any atom is 0.253 e. The van der Waals surface area contributed by atoms with E-state index in [4.69, 9.17) is 5.73 Å². The summed E-state index contributed by atoms with van der Waals surface area (Å²) >= 11 is 3.31. The quantitative estimate of drug-likeness (QED) is 0.865. The molecule has 3 nitrogen and oxygen atoms in total. The van der Waals surface area contributed by atoms with Crippen molar-refractivity contribution in [2.45, 2.75) is 20.3 Å². The lowest BCUT2D eigenvalue weighted by Gasteiger charge is -2.20. The second kappa shape index (κ2) is 5.89. The molecule has 0 aromatic heterocycles. The standard InChI is InChI=1S/C12H17BrN2O/c1-3-7-15(4-2)12(16)9-5-6-10(13)11(14)8-9/h5-6,8H,3-4,7,14H2,1-2H3. The highest BCUT2D eigenvalue weighted by Crippen LogP contribution is 2.21. The lowest BCUT2D eigenvalue weighted by molar-refractivity contribution is 0.0764. The summed E-state index contributed by atoms with van der Waals surface area (Å²) < 4.78 is 0.822. The van der Waals surface area contributed by atoms with Gasteiger partial charge >= 0.3 is 0 Å². The first-order valence-electron chi connectivity index (χ1n) is 5.44. The number of amides is 1. The third kappa shape index (κ3) is 2.98. The van der Waals surface area contributed by atoms with Crippen molar-refractivity contribution in [3.8, 4) is 0 Å². The van der Waals surface area contributed by atoms with Crippen molar-refractivity contribution < 1.29 is 4.79 Å². The summed E-state index contributed by atoms with van der Waals surface area (Å²) in [5.74, 6) is 0.0450. The molecule has 0 bridgehead atoms. The SMILES string of the molecule is CCCN(CC)C(=O)c1ccc(Br)c(N)c1. The molecule has 0 heterocycles. The van der Waals surface area contributed by atoms with Gasteiger partial charge in [0.2, 0.25) is 0 Å². The second-order valence-electron chi connectivity index (χ2n) is 3.62. The Hall–Kier alpha value is -1.03. The topological polar surface area (TPSA) is 46.3 Å². The van der Waals surface area contributed by atoms with Gasteiger partial charge in [-0.05, 0) is 47.5 Å². The van der Waals surface area contributed by atoms with Crippen LogP contribution in [-0.2, 0) is 0 Å². The molecule has 1 aromatic carbocycles. The molecule has 0 atom stereocenters. The van der Waals surface area contributed by atoms with Crippen LogP contribution in [-0.4, -0.2) is 23.9 Å². The second-order valence-corrected chi connectivity index (χ2v) is 4.48. The maximum atomic E-state index is 12.1. The van der Waals surface area contributed by atoms with Crippen LogP contribution < -0.4 is 5.73 Å². The van der Waals surface area contributed by atoms with E-state index in [9.17, 15) is 4.79 Å². The van der Waals surface area contributed by atoms with Crippen LogP contribution in [0.25, 0.3) is 0 Å². The fourth-order valence-electron chi connectivity index (χ4n) is 1.53. The summed E-state index contributed by atoms with van der Waals surface area (Å²) in [5, 5.41) is 0. The molecule has 1 amide bonds. The molecule has 1 rings (SSSR count). The van der Waals surface area contributed by atoms with E-state index in [1.54, 1.807) is 12.1 Å². The number of anilines is 1. The van der Waals surface area contributed by atoms with E-state index < -0.39 is 0 Å². The highest BCUT2D eigenvalue weighted by atomic mass is 79.9. The zero-order valence-electron chi connectivity index (χ0n) is 9.66. The molecule has 88 valence electrons. The summed E-state index contributed by atoms with van der Waals surface area (Å²) in [4.78, 5) is 13.9. The van der Waals surface area contributed by atoms with Gasteiger partial charge < -0.3 is 10.6 Å². The zero-order chi connectivity index (χ0) is 12.1. The van der Waals surface area contributed by atoms with Crippen molar-refractivity contribution in [2.75, 3.05) is 18.8 Å². The number of hydrogen-bond acceptors (Lipinski definition) is 2. The summed E-state index contributed by atoms with van der Waals surface area (Å²) in [6.07, 6.45) is 0.964. The fourth-order valence-corrected chi connectivity index (χ4v) is 1.78. The van der Waals surface area contributed by atoms with Crippen LogP contribution in [0.5, 0.6) is 0 Å². The molecule has 16 heavy (non-hydrogen) atoms. The molecule has 0 saturated heterocycles. The zero-order valence-corrected chi connectivity index (χ0v) is 11.3.